The quantitative estimate of drug-likeness (QED) is 0.0526. The van der Waals surface area contributed by atoms with Crippen molar-refractivity contribution in [1.82, 2.24) is 70.6 Å². The van der Waals surface area contributed by atoms with E-state index in [4.69, 9.17) is 44.1 Å². The molecule has 0 unspecified atom stereocenters. The average Bonchev–Trinajstić information content (AvgIpc) is 0.783. The van der Waals surface area contributed by atoms with Crippen LogP contribution in [0.15, 0.2) is 85.5 Å². The SMILES string of the molecule is CCNC(=O)Nc1ccc(-c2nc3c(c(N4CCOC[C@@H]4C)n2)CCN(C(C)C)C3)cc1.CCNC(=O)Nc1ccc(-c2nc3c(c(N4CCOC[C@@H]4C)n2)CCN(CC(C)C)C3)cc1.CCNC(=O)Nc1ccc(-c2nc3c(c(N4CCOC[C@@H]4C)n2)CCN(c2ncncn2)C3)cc1. The Morgan fingerprint density at radius 1 is 0.470 bits per heavy atom. The summed E-state index contributed by atoms with van der Waals surface area (Å²) in [6, 6.07) is 23.7. The highest BCUT2D eigenvalue weighted by Gasteiger charge is 2.34. The number of rotatable bonds is 16. The van der Waals surface area contributed by atoms with Crippen LogP contribution in [0.5, 0.6) is 0 Å². The van der Waals surface area contributed by atoms with Crippen molar-refractivity contribution in [2.45, 2.75) is 132 Å². The summed E-state index contributed by atoms with van der Waals surface area (Å²) < 4.78 is 17.0. The van der Waals surface area contributed by atoms with E-state index in [1.165, 1.54) is 29.3 Å². The molecule has 0 aliphatic carbocycles. The lowest BCUT2D eigenvalue weighted by atomic mass is 10.0. The number of hydrogen-bond acceptors (Lipinski definition) is 21. The van der Waals surface area contributed by atoms with Crippen LogP contribution in [0, 0.1) is 5.92 Å². The molecule has 4 aromatic heterocycles. The summed E-state index contributed by atoms with van der Waals surface area (Å²) in [5, 5.41) is 16.7. The third kappa shape index (κ3) is 18.2. The van der Waals surface area contributed by atoms with Gasteiger partial charge in [-0.25, -0.2) is 59.2 Å². The minimum atomic E-state index is -0.229. The van der Waals surface area contributed by atoms with E-state index in [2.05, 4.69) is 125 Å². The average molecular weight is 1370 g/mol. The summed E-state index contributed by atoms with van der Waals surface area (Å²) in [6.45, 7) is 35.9. The van der Waals surface area contributed by atoms with Gasteiger partial charge in [-0.2, -0.15) is 0 Å². The lowest BCUT2D eigenvalue weighted by molar-refractivity contribution is 0.0982. The molecule has 0 spiro atoms. The molecule has 3 atom stereocenters. The molecule has 13 rings (SSSR count). The molecule has 532 valence electrons. The summed E-state index contributed by atoms with van der Waals surface area (Å²) in [4.78, 5) is 92.4. The van der Waals surface area contributed by atoms with E-state index in [1.807, 2.05) is 93.6 Å². The van der Waals surface area contributed by atoms with Gasteiger partial charge in [0.25, 0.3) is 0 Å². The zero-order valence-corrected chi connectivity index (χ0v) is 59.7. The monoisotopic (exact) mass is 1370 g/mol. The van der Waals surface area contributed by atoms with Crippen LogP contribution >= 0.6 is 0 Å². The topological polar surface area (TPSA) is 287 Å². The largest absolute Gasteiger partial charge is 0.377 e. The van der Waals surface area contributed by atoms with Gasteiger partial charge in [0.2, 0.25) is 5.95 Å². The normalized spacial score (nSPS) is 18.5. The van der Waals surface area contributed by atoms with Crippen LogP contribution in [0.25, 0.3) is 34.2 Å². The smallest absolute Gasteiger partial charge is 0.319 e. The predicted octanol–water partition coefficient (Wildman–Crippen LogP) is 9.06. The van der Waals surface area contributed by atoms with E-state index >= 15 is 0 Å². The van der Waals surface area contributed by atoms with Gasteiger partial charge in [-0.05, 0) is 153 Å². The second-order valence-corrected chi connectivity index (χ2v) is 26.7. The maximum Gasteiger partial charge on any atom is 0.319 e. The Labute approximate surface area is 587 Å². The van der Waals surface area contributed by atoms with Crippen LogP contribution in [0.2, 0.25) is 0 Å². The number of ether oxygens (including phenoxy) is 3. The molecular weight excluding hydrogens is 1270 g/mol. The summed E-state index contributed by atoms with van der Waals surface area (Å²) in [6.07, 6.45) is 5.76. The highest BCUT2D eigenvalue weighted by Crippen LogP contribution is 2.36. The number of carbonyl (C=O) groups excluding carboxylic acids is 3. The van der Waals surface area contributed by atoms with Crippen molar-refractivity contribution >= 4 is 58.6 Å². The van der Waals surface area contributed by atoms with E-state index < -0.39 is 0 Å². The molecule has 10 heterocycles. The first-order valence-electron chi connectivity index (χ1n) is 35.5. The van der Waals surface area contributed by atoms with Gasteiger partial charge in [0.1, 0.15) is 30.1 Å². The van der Waals surface area contributed by atoms with Gasteiger partial charge < -0.3 is 65.7 Å². The third-order valence-corrected chi connectivity index (χ3v) is 18.5. The van der Waals surface area contributed by atoms with Gasteiger partial charge in [0, 0.05) is 135 Å². The number of anilines is 7. The summed E-state index contributed by atoms with van der Waals surface area (Å²) >= 11 is 0. The van der Waals surface area contributed by atoms with Crippen LogP contribution in [-0.4, -0.2) is 202 Å². The fourth-order valence-corrected chi connectivity index (χ4v) is 13.3. The number of nitrogens with one attached hydrogen (secondary N) is 6. The summed E-state index contributed by atoms with van der Waals surface area (Å²) in [7, 11) is 0. The van der Waals surface area contributed by atoms with Gasteiger partial charge in [0.05, 0.1) is 81.4 Å². The number of fused-ring (bicyclic) bond motifs is 3. The second-order valence-electron chi connectivity index (χ2n) is 26.7. The number of urea groups is 3. The maximum absolute atomic E-state index is 11.8. The van der Waals surface area contributed by atoms with Crippen molar-refractivity contribution in [3.8, 4) is 34.2 Å². The molecule has 6 N–H and O–H groups in total. The Hall–Kier alpha value is -9.28. The van der Waals surface area contributed by atoms with Crippen LogP contribution in [0.1, 0.15) is 103 Å². The molecule has 100 heavy (non-hydrogen) atoms. The highest BCUT2D eigenvalue weighted by atomic mass is 16.5. The summed E-state index contributed by atoms with van der Waals surface area (Å²) in [5.74, 6) is 6.46. The van der Waals surface area contributed by atoms with Gasteiger partial charge in [-0.15, -0.1) is 0 Å². The first-order valence-corrected chi connectivity index (χ1v) is 35.5. The Kier molecular flexibility index (Phi) is 24.6. The zero-order chi connectivity index (χ0) is 70.2. The fourth-order valence-electron chi connectivity index (χ4n) is 13.3. The van der Waals surface area contributed by atoms with Crippen LogP contribution < -0.4 is 51.5 Å². The third-order valence-electron chi connectivity index (χ3n) is 18.5. The van der Waals surface area contributed by atoms with Crippen molar-refractivity contribution in [3.05, 3.63) is 119 Å². The molecule has 3 aromatic carbocycles. The maximum atomic E-state index is 11.8. The zero-order valence-electron chi connectivity index (χ0n) is 59.7. The first kappa shape index (κ1) is 72.0. The molecule has 27 nitrogen and oxygen atoms in total. The molecule has 0 saturated carbocycles. The second kappa shape index (κ2) is 34.2. The molecule has 3 saturated heterocycles. The first-order chi connectivity index (χ1) is 48.5. The molecule has 6 aliphatic heterocycles. The molecule has 27 heteroatoms. The van der Waals surface area contributed by atoms with Gasteiger partial charge >= 0.3 is 18.1 Å². The molecule has 7 aromatic rings. The van der Waals surface area contributed by atoms with Crippen molar-refractivity contribution < 1.29 is 28.6 Å². The van der Waals surface area contributed by atoms with Gasteiger partial charge in [-0.3, -0.25) is 9.80 Å². The molecule has 6 amide bonds. The lowest BCUT2D eigenvalue weighted by Crippen LogP contribution is -2.45. The fraction of sp³-hybridized carbons (Fsp3) is 0.507. The molecule has 6 aliphatic rings. The Bertz CT molecular complexity index is 3870. The van der Waals surface area contributed by atoms with Crippen molar-refractivity contribution in [3.63, 3.8) is 0 Å². The number of amides is 6. The van der Waals surface area contributed by atoms with E-state index in [0.29, 0.717) is 82.0 Å². The van der Waals surface area contributed by atoms with Crippen LogP contribution in [0.3, 0.4) is 0 Å². The minimum Gasteiger partial charge on any atom is -0.377 e. The number of aromatic nitrogens is 9. The number of carbonyl (C=O) groups is 3. The van der Waals surface area contributed by atoms with Crippen LogP contribution in [0.4, 0.5) is 54.8 Å². The lowest BCUT2D eigenvalue weighted by Gasteiger charge is -2.38. The minimum absolute atomic E-state index is 0.205. The van der Waals surface area contributed by atoms with Crippen molar-refractivity contribution in [2.75, 3.05) is 141 Å². The van der Waals surface area contributed by atoms with Crippen LogP contribution in [-0.2, 0) is 53.1 Å². The number of benzene rings is 3. The van der Waals surface area contributed by atoms with Crippen molar-refractivity contribution in [2.24, 2.45) is 5.92 Å². The van der Waals surface area contributed by atoms with E-state index in [0.717, 1.165) is 166 Å². The number of morpholine rings is 3. The number of hydrogen-bond donors (Lipinski definition) is 6. The molecule has 0 bridgehead atoms. The molecule has 0 radical (unpaired) electrons. The Balaban J connectivity index is 0.000000151. The predicted molar refractivity (Wildman–Crippen MR) is 391 cm³/mol. The highest BCUT2D eigenvalue weighted by molar-refractivity contribution is 5.91. The van der Waals surface area contributed by atoms with E-state index in [9.17, 15) is 14.4 Å². The Morgan fingerprint density at radius 3 is 1.21 bits per heavy atom. The summed E-state index contributed by atoms with van der Waals surface area (Å²) in [5.41, 5.74) is 11.9. The van der Waals surface area contributed by atoms with Gasteiger partial charge in [-0.1, -0.05) is 13.8 Å². The van der Waals surface area contributed by atoms with Crippen molar-refractivity contribution in [1.29, 1.82) is 0 Å². The molecular formula is C73H99N21O6. The standard InChI is InChI=1S/C25H36N6O2.C24H29N9O2.C24H34N6O2/c1-5-26-25(32)27-20-8-6-19(7-9-20)23-28-22-15-30(14-17(2)3)11-10-21(22)24(29-23)31-12-13-33-16-18(31)4;1-3-26-24(34)29-18-6-4-17(5-7-18)21-30-20-12-32(23-27-14-25-15-28-23)9-8-19(20)22(31-21)33-10-11-35-13-16(33)2;1-5-25-24(31)26-19-8-6-18(7-9-19)22-27-21-14-29(16(2)3)11-10-20(21)23(28-22)30-12-13-32-15-17(30)4/h6-9,17-18H,5,10-16H2,1-4H3,(H2,26,27,32);4-7,14-16H,3,8-13H2,1-2H3,(H2,26,29,34);6-9,16-17H,5,10-15H2,1-4H3,(H2,25,26,31)/t18-;16-;17-/m000/s1. The van der Waals surface area contributed by atoms with Gasteiger partial charge in [0.15, 0.2) is 17.5 Å². The Morgan fingerprint density at radius 2 is 0.840 bits per heavy atom. The van der Waals surface area contributed by atoms with E-state index in [-0.39, 0.29) is 36.2 Å². The van der Waals surface area contributed by atoms with E-state index in [1.54, 1.807) is 0 Å². The molecule has 3 fully saturated rings. The number of nitrogens with zero attached hydrogens (tertiary/aromatic N) is 15.